The summed E-state index contributed by atoms with van der Waals surface area (Å²) in [6.07, 6.45) is 0.258. The van der Waals surface area contributed by atoms with Crippen LogP contribution in [0.2, 0.25) is 0 Å². The van der Waals surface area contributed by atoms with E-state index in [9.17, 15) is 14.4 Å². The lowest BCUT2D eigenvalue weighted by Gasteiger charge is -2.27. The largest absolute Gasteiger partial charge is 0.443 e. The third-order valence-electron chi connectivity index (χ3n) is 4.42. The van der Waals surface area contributed by atoms with E-state index in [1.54, 1.807) is 96.3 Å². The minimum absolute atomic E-state index is 0.299. The molecule has 0 spiro atoms. The Bertz CT molecular complexity index is 1200. The molecule has 0 fully saturated rings. The lowest BCUT2D eigenvalue weighted by Crippen LogP contribution is -2.41. The van der Waals surface area contributed by atoms with E-state index in [2.05, 4.69) is 15.9 Å². The molecule has 33 heavy (non-hydrogen) atoms. The van der Waals surface area contributed by atoms with Crippen LogP contribution in [0.25, 0.3) is 10.9 Å². The molecule has 0 saturated heterocycles. The van der Waals surface area contributed by atoms with Crippen molar-refractivity contribution in [2.75, 3.05) is 4.90 Å². The van der Waals surface area contributed by atoms with Crippen LogP contribution in [0.1, 0.15) is 51.9 Å². The Balaban J connectivity index is 2.10. The molecule has 0 unspecified atom stereocenters. The van der Waals surface area contributed by atoms with Gasteiger partial charge in [-0.3, -0.25) is 9.36 Å². The SMILES string of the molecule is CC(C)(C)OC(=O)N(C(=O)c1ccccc1)c1ccc2c(ccn2C(=O)OC(C)(C)C)c1Br. The molecule has 0 aliphatic heterocycles. The summed E-state index contributed by atoms with van der Waals surface area (Å²) in [6, 6.07) is 13.5. The first-order chi connectivity index (χ1) is 15.3. The maximum absolute atomic E-state index is 13.4. The highest BCUT2D eigenvalue weighted by atomic mass is 79.9. The van der Waals surface area contributed by atoms with Crippen LogP contribution in [-0.4, -0.2) is 33.9 Å². The van der Waals surface area contributed by atoms with Crippen LogP contribution in [0, 0.1) is 0 Å². The molecule has 3 aromatic rings. The predicted molar refractivity (Wildman–Crippen MR) is 131 cm³/mol. The molecular formula is C25H27BrN2O5. The monoisotopic (exact) mass is 514 g/mol. The van der Waals surface area contributed by atoms with Gasteiger partial charge in [0.25, 0.3) is 5.91 Å². The lowest BCUT2D eigenvalue weighted by molar-refractivity contribution is 0.0537. The van der Waals surface area contributed by atoms with Crippen molar-refractivity contribution in [2.45, 2.75) is 52.7 Å². The van der Waals surface area contributed by atoms with Crippen LogP contribution >= 0.6 is 15.9 Å². The zero-order chi connectivity index (χ0) is 24.6. The molecule has 1 aromatic heterocycles. The molecule has 1 heterocycles. The van der Waals surface area contributed by atoms with Crippen molar-refractivity contribution in [1.82, 2.24) is 4.57 Å². The van der Waals surface area contributed by atoms with Gasteiger partial charge in [0.2, 0.25) is 0 Å². The molecular weight excluding hydrogens is 488 g/mol. The first kappa shape index (κ1) is 24.5. The first-order valence-corrected chi connectivity index (χ1v) is 11.2. The summed E-state index contributed by atoms with van der Waals surface area (Å²) in [4.78, 5) is 40.1. The molecule has 2 aromatic carbocycles. The summed E-state index contributed by atoms with van der Waals surface area (Å²) < 4.78 is 12.8. The van der Waals surface area contributed by atoms with Gasteiger partial charge in [-0.25, -0.2) is 14.5 Å². The van der Waals surface area contributed by atoms with Crippen molar-refractivity contribution in [3.63, 3.8) is 0 Å². The molecule has 0 aliphatic rings. The number of hydrogen-bond donors (Lipinski definition) is 0. The number of fused-ring (bicyclic) bond motifs is 1. The molecule has 2 amide bonds. The molecule has 7 nitrogen and oxygen atoms in total. The number of nitrogens with zero attached hydrogens (tertiary/aromatic N) is 2. The van der Waals surface area contributed by atoms with E-state index in [1.807, 2.05) is 0 Å². The Hall–Kier alpha value is -3.13. The van der Waals surface area contributed by atoms with Gasteiger partial charge in [-0.05, 0) is 87.8 Å². The molecule has 0 bridgehead atoms. The van der Waals surface area contributed by atoms with Crippen LogP contribution in [0.15, 0.2) is 59.2 Å². The van der Waals surface area contributed by atoms with Crippen molar-refractivity contribution in [2.24, 2.45) is 0 Å². The fourth-order valence-electron chi connectivity index (χ4n) is 3.12. The molecule has 0 radical (unpaired) electrons. The quantitative estimate of drug-likeness (QED) is 0.377. The number of aromatic nitrogens is 1. The highest BCUT2D eigenvalue weighted by molar-refractivity contribution is 9.10. The summed E-state index contributed by atoms with van der Waals surface area (Å²) in [6.45, 7) is 10.6. The number of halogens is 1. The summed E-state index contributed by atoms with van der Waals surface area (Å²) >= 11 is 3.53. The van der Waals surface area contributed by atoms with Gasteiger partial charge >= 0.3 is 12.2 Å². The number of benzene rings is 2. The molecule has 3 rings (SSSR count). The number of ether oxygens (including phenoxy) is 2. The van der Waals surface area contributed by atoms with E-state index in [0.29, 0.717) is 26.6 Å². The van der Waals surface area contributed by atoms with Gasteiger partial charge in [-0.2, -0.15) is 0 Å². The molecule has 0 aliphatic carbocycles. The van der Waals surface area contributed by atoms with E-state index >= 15 is 0 Å². The third kappa shape index (κ3) is 5.63. The number of imide groups is 1. The van der Waals surface area contributed by atoms with E-state index in [4.69, 9.17) is 9.47 Å². The van der Waals surface area contributed by atoms with Gasteiger partial charge in [-0.1, -0.05) is 18.2 Å². The van der Waals surface area contributed by atoms with Gasteiger partial charge in [0.05, 0.1) is 15.7 Å². The second kappa shape index (κ2) is 9.02. The van der Waals surface area contributed by atoms with Gasteiger partial charge in [-0.15, -0.1) is 0 Å². The highest BCUT2D eigenvalue weighted by Crippen LogP contribution is 2.36. The Morgan fingerprint density at radius 3 is 2.03 bits per heavy atom. The van der Waals surface area contributed by atoms with E-state index in [0.717, 1.165) is 4.90 Å². The second-order valence-electron chi connectivity index (χ2n) is 9.48. The average Bonchev–Trinajstić information content (AvgIpc) is 3.13. The molecule has 0 atom stereocenters. The number of carbonyl (C=O) groups excluding carboxylic acids is 3. The van der Waals surface area contributed by atoms with Crippen molar-refractivity contribution in [3.8, 4) is 0 Å². The molecule has 8 heteroatoms. The Kier molecular flexibility index (Phi) is 6.70. The number of anilines is 1. The molecule has 174 valence electrons. The van der Waals surface area contributed by atoms with E-state index < -0.39 is 29.3 Å². The Morgan fingerprint density at radius 2 is 1.45 bits per heavy atom. The number of amides is 2. The third-order valence-corrected chi connectivity index (χ3v) is 5.25. The lowest BCUT2D eigenvalue weighted by atomic mass is 10.1. The van der Waals surface area contributed by atoms with Gasteiger partial charge in [0.15, 0.2) is 0 Å². The summed E-state index contributed by atoms with van der Waals surface area (Å²) in [5.74, 6) is -0.531. The summed E-state index contributed by atoms with van der Waals surface area (Å²) in [7, 11) is 0. The van der Waals surface area contributed by atoms with Gasteiger partial charge in [0, 0.05) is 17.1 Å². The maximum Gasteiger partial charge on any atom is 0.422 e. The van der Waals surface area contributed by atoms with Crippen molar-refractivity contribution >= 4 is 50.6 Å². The van der Waals surface area contributed by atoms with E-state index in [-0.39, 0.29) is 0 Å². The highest BCUT2D eigenvalue weighted by Gasteiger charge is 2.32. The maximum atomic E-state index is 13.4. The zero-order valence-corrected chi connectivity index (χ0v) is 21.1. The fraction of sp³-hybridized carbons (Fsp3) is 0.320. The summed E-state index contributed by atoms with van der Waals surface area (Å²) in [5.41, 5.74) is -0.256. The van der Waals surface area contributed by atoms with Gasteiger partial charge < -0.3 is 9.47 Å². The van der Waals surface area contributed by atoms with Crippen LogP contribution in [0.5, 0.6) is 0 Å². The van der Waals surface area contributed by atoms with Crippen molar-refractivity contribution in [3.05, 3.63) is 64.8 Å². The smallest absolute Gasteiger partial charge is 0.422 e. The predicted octanol–water partition coefficient (Wildman–Crippen LogP) is 6.77. The van der Waals surface area contributed by atoms with Crippen LogP contribution in [0.3, 0.4) is 0 Å². The van der Waals surface area contributed by atoms with Crippen LogP contribution in [-0.2, 0) is 9.47 Å². The second-order valence-corrected chi connectivity index (χ2v) is 10.3. The number of hydrogen-bond acceptors (Lipinski definition) is 5. The first-order valence-electron chi connectivity index (χ1n) is 10.4. The van der Waals surface area contributed by atoms with Crippen molar-refractivity contribution in [1.29, 1.82) is 0 Å². The topological polar surface area (TPSA) is 77.8 Å². The molecule has 0 N–H and O–H groups in total. The van der Waals surface area contributed by atoms with Gasteiger partial charge in [0.1, 0.15) is 11.2 Å². The van der Waals surface area contributed by atoms with E-state index in [1.165, 1.54) is 4.57 Å². The van der Waals surface area contributed by atoms with Crippen LogP contribution in [0.4, 0.5) is 15.3 Å². The Labute approximate surface area is 201 Å². The zero-order valence-electron chi connectivity index (χ0n) is 19.5. The Morgan fingerprint density at radius 1 is 0.848 bits per heavy atom. The summed E-state index contributed by atoms with van der Waals surface area (Å²) in [5, 5.41) is 0.632. The normalized spacial score (nSPS) is 11.8. The fourth-order valence-corrected chi connectivity index (χ4v) is 3.77. The van der Waals surface area contributed by atoms with Crippen LogP contribution < -0.4 is 4.90 Å². The molecule has 0 saturated carbocycles. The standard InChI is InChI=1S/C25H27BrN2O5/c1-24(2,3)32-22(30)27-15-14-17-18(27)12-13-19(20(17)26)28(23(31)33-25(4,5)6)21(29)16-10-8-7-9-11-16/h7-15H,1-6H3. The minimum Gasteiger partial charge on any atom is -0.443 e. The van der Waals surface area contributed by atoms with Crippen molar-refractivity contribution < 1.29 is 23.9 Å². The number of carbonyl (C=O) groups is 3. The number of rotatable bonds is 2. The average molecular weight is 515 g/mol. The minimum atomic E-state index is -0.803.